The van der Waals surface area contributed by atoms with Crippen LogP contribution in [0.2, 0.25) is 0 Å². The van der Waals surface area contributed by atoms with Crippen molar-refractivity contribution in [3.05, 3.63) is 126 Å². The number of nitrogens with zero attached hydrogens (tertiary/aromatic N) is 4. The van der Waals surface area contributed by atoms with Gasteiger partial charge in [-0.15, -0.1) is 0 Å². The van der Waals surface area contributed by atoms with E-state index in [9.17, 15) is 14.7 Å². The van der Waals surface area contributed by atoms with Gasteiger partial charge in [-0.25, -0.2) is 0 Å². The van der Waals surface area contributed by atoms with Crippen molar-refractivity contribution >= 4 is 41.0 Å². The summed E-state index contributed by atoms with van der Waals surface area (Å²) < 4.78 is 11.2. The number of amides is 2. The van der Waals surface area contributed by atoms with Gasteiger partial charge in [0.25, 0.3) is 11.8 Å². The molecule has 258 valence electrons. The molecule has 13 nitrogen and oxygen atoms in total. The van der Waals surface area contributed by atoms with Crippen LogP contribution in [-0.2, 0) is 16.0 Å². The van der Waals surface area contributed by atoms with E-state index in [1.165, 1.54) is 0 Å². The van der Waals surface area contributed by atoms with Crippen molar-refractivity contribution in [3.63, 3.8) is 0 Å². The van der Waals surface area contributed by atoms with Crippen LogP contribution in [0.15, 0.2) is 109 Å². The van der Waals surface area contributed by atoms with Crippen molar-refractivity contribution in [2.24, 2.45) is 0 Å². The van der Waals surface area contributed by atoms with Crippen LogP contribution in [0, 0.1) is 0 Å². The van der Waals surface area contributed by atoms with E-state index < -0.39 is 0 Å². The molecule has 0 aliphatic carbocycles. The molecule has 50 heavy (non-hydrogen) atoms. The predicted molar refractivity (Wildman–Crippen MR) is 192 cm³/mol. The fourth-order valence-corrected chi connectivity index (χ4v) is 4.64. The van der Waals surface area contributed by atoms with Crippen molar-refractivity contribution in [2.45, 2.75) is 6.54 Å². The summed E-state index contributed by atoms with van der Waals surface area (Å²) in [6.07, 6.45) is 0. The molecule has 1 aromatic heterocycles. The van der Waals surface area contributed by atoms with E-state index in [0.717, 1.165) is 11.3 Å². The molecule has 0 saturated carbocycles. The number of carbonyl (C=O) groups is 2. The van der Waals surface area contributed by atoms with Crippen LogP contribution in [0.1, 0.15) is 26.3 Å². The molecule has 5 rings (SSSR count). The zero-order valence-corrected chi connectivity index (χ0v) is 27.7. The summed E-state index contributed by atoms with van der Waals surface area (Å²) in [5.41, 5.74) is 3.60. The van der Waals surface area contributed by atoms with Gasteiger partial charge in [0.05, 0.1) is 26.4 Å². The summed E-state index contributed by atoms with van der Waals surface area (Å²) in [7, 11) is 1.81. The zero-order valence-electron chi connectivity index (χ0n) is 27.7. The lowest BCUT2D eigenvalue weighted by Crippen LogP contribution is -2.27. The minimum Gasteiger partial charge on any atom is -0.508 e. The molecule has 0 fully saturated rings. The molecule has 5 N–H and O–H groups in total. The van der Waals surface area contributed by atoms with E-state index in [4.69, 9.17) is 9.47 Å². The van der Waals surface area contributed by atoms with Gasteiger partial charge in [-0.3, -0.25) is 9.59 Å². The Hall–Kier alpha value is -6.05. The highest BCUT2D eigenvalue weighted by atomic mass is 16.5. The topological polar surface area (TPSA) is 163 Å². The summed E-state index contributed by atoms with van der Waals surface area (Å²) in [6, 6.07) is 32.5. The molecule has 0 spiro atoms. The second-order valence-corrected chi connectivity index (χ2v) is 11.0. The number of ether oxygens (including phenoxy) is 2. The number of hydrogen-bond acceptors (Lipinski definition) is 11. The Kier molecular flexibility index (Phi) is 13.0. The lowest BCUT2D eigenvalue weighted by Gasteiger charge is -2.19. The Morgan fingerprint density at radius 2 is 1.26 bits per heavy atom. The van der Waals surface area contributed by atoms with Crippen molar-refractivity contribution < 1.29 is 24.2 Å². The van der Waals surface area contributed by atoms with E-state index in [2.05, 4.69) is 36.2 Å². The SMILES string of the molecule is CN(c1ccc(O)cc1)c1nc(NCCOCCOCCNC(=O)c2ccccc2)nc(Nc2ccc(C(=O)NCc3ccccc3)cc2)n1. The van der Waals surface area contributed by atoms with Gasteiger partial charge in [0.1, 0.15) is 5.75 Å². The molecule has 0 aliphatic rings. The molecule has 5 aromatic rings. The maximum atomic E-state index is 12.7. The molecule has 4 aromatic carbocycles. The molecule has 1 heterocycles. The first-order valence-electron chi connectivity index (χ1n) is 16.2. The summed E-state index contributed by atoms with van der Waals surface area (Å²) >= 11 is 0. The van der Waals surface area contributed by atoms with Gasteiger partial charge in [-0.2, -0.15) is 15.0 Å². The number of aromatic hydroxyl groups is 1. The fourth-order valence-electron chi connectivity index (χ4n) is 4.64. The molecule has 0 aliphatic heterocycles. The van der Waals surface area contributed by atoms with Gasteiger partial charge in [0.15, 0.2) is 0 Å². The van der Waals surface area contributed by atoms with Crippen LogP contribution in [0.3, 0.4) is 0 Å². The Labute approximate surface area is 290 Å². The maximum absolute atomic E-state index is 12.7. The quantitative estimate of drug-likeness (QED) is 0.0803. The molecule has 0 radical (unpaired) electrons. The van der Waals surface area contributed by atoms with Crippen LogP contribution in [0.4, 0.5) is 29.2 Å². The van der Waals surface area contributed by atoms with Gasteiger partial charge < -0.3 is 40.7 Å². The average molecular weight is 677 g/mol. The highest BCUT2D eigenvalue weighted by Crippen LogP contribution is 2.25. The van der Waals surface area contributed by atoms with Crippen LogP contribution in [0.5, 0.6) is 5.75 Å². The summed E-state index contributed by atoms with van der Waals surface area (Å²) in [6.45, 7) is 2.78. The second kappa shape index (κ2) is 18.5. The number of hydrogen-bond donors (Lipinski definition) is 5. The van der Waals surface area contributed by atoms with Crippen molar-refractivity contribution in [1.82, 2.24) is 25.6 Å². The standard InChI is InChI=1S/C37H40N8O5/c1-45(31-16-18-32(46)19-17-31)37-43-35(39-21-23-50-25-24-49-22-20-38-33(47)28-10-6-3-7-11-28)42-36(44-37)41-30-14-12-29(13-15-30)34(48)40-26-27-8-4-2-5-9-27/h2-19,46H,20-26H2,1H3,(H,38,47)(H,40,48)(H2,39,41,42,43,44). The van der Waals surface area contributed by atoms with Gasteiger partial charge in [-0.1, -0.05) is 48.5 Å². The number of benzene rings is 4. The van der Waals surface area contributed by atoms with Crippen LogP contribution in [0.25, 0.3) is 0 Å². The Bertz CT molecular complexity index is 1790. The molecule has 2 amide bonds. The number of nitrogens with one attached hydrogen (secondary N) is 4. The first-order valence-corrected chi connectivity index (χ1v) is 16.2. The maximum Gasteiger partial charge on any atom is 0.251 e. The second-order valence-electron chi connectivity index (χ2n) is 11.0. The first-order chi connectivity index (χ1) is 24.4. The number of aromatic nitrogens is 3. The first kappa shape index (κ1) is 35.3. The minimum atomic E-state index is -0.175. The highest BCUT2D eigenvalue weighted by molar-refractivity contribution is 5.94. The molecule has 0 unspecified atom stereocenters. The summed E-state index contributed by atoms with van der Waals surface area (Å²) in [5, 5.41) is 21.9. The molecular formula is C37H40N8O5. The minimum absolute atomic E-state index is 0.136. The predicted octanol–water partition coefficient (Wildman–Crippen LogP) is 4.89. The van der Waals surface area contributed by atoms with E-state index in [1.54, 1.807) is 65.6 Å². The highest BCUT2D eigenvalue weighted by Gasteiger charge is 2.13. The normalized spacial score (nSPS) is 10.7. The number of carbonyl (C=O) groups excluding carboxylic acids is 2. The molecule has 0 atom stereocenters. The van der Waals surface area contributed by atoms with Crippen molar-refractivity contribution in [1.29, 1.82) is 0 Å². The average Bonchev–Trinajstić information content (AvgIpc) is 3.15. The third kappa shape index (κ3) is 11.0. The molecule has 13 heteroatoms. The summed E-state index contributed by atoms with van der Waals surface area (Å²) in [4.78, 5) is 40.2. The van der Waals surface area contributed by atoms with Crippen LogP contribution < -0.4 is 26.2 Å². The third-order valence-electron chi connectivity index (χ3n) is 7.33. The Balaban J connectivity index is 1.11. The monoisotopic (exact) mass is 676 g/mol. The number of anilines is 5. The van der Waals surface area contributed by atoms with E-state index in [0.29, 0.717) is 74.8 Å². The lowest BCUT2D eigenvalue weighted by molar-refractivity contribution is 0.0519. The van der Waals surface area contributed by atoms with Crippen LogP contribution >= 0.6 is 0 Å². The largest absolute Gasteiger partial charge is 0.508 e. The third-order valence-corrected chi connectivity index (χ3v) is 7.33. The van der Waals surface area contributed by atoms with E-state index in [-0.39, 0.29) is 23.5 Å². The molecule has 0 bridgehead atoms. The van der Waals surface area contributed by atoms with Crippen LogP contribution in [-0.4, -0.2) is 78.4 Å². The van der Waals surface area contributed by atoms with Gasteiger partial charge in [0, 0.05) is 49.2 Å². The van der Waals surface area contributed by atoms with E-state index >= 15 is 0 Å². The van der Waals surface area contributed by atoms with E-state index in [1.807, 2.05) is 55.6 Å². The summed E-state index contributed by atoms with van der Waals surface area (Å²) in [5.74, 6) is 0.821. The Morgan fingerprint density at radius 3 is 1.96 bits per heavy atom. The number of phenolic OH excluding ortho intramolecular Hbond substituents is 1. The smallest absolute Gasteiger partial charge is 0.251 e. The van der Waals surface area contributed by atoms with Gasteiger partial charge >= 0.3 is 0 Å². The number of phenols is 1. The number of rotatable bonds is 18. The fraction of sp³-hybridized carbons (Fsp3) is 0.216. The van der Waals surface area contributed by atoms with Crippen molar-refractivity contribution in [3.8, 4) is 5.75 Å². The van der Waals surface area contributed by atoms with Crippen molar-refractivity contribution in [2.75, 3.05) is 62.1 Å². The molecule has 0 saturated heterocycles. The zero-order chi connectivity index (χ0) is 35.0. The molecular weight excluding hydrogens is 636 g/mol. The van der Waals surface area contributed by atoms with Gasteiger partial charge in [0.2, 0.25) is 17.8 Å². The Morgan fingerprint density at radius 1 is 0.660 bits per heavy atom. The lowest BCUT2D eigenvalue weighted by atomic mass is 10.2. The van der Waals surface area contributed by atoms with Gasteiger partial charge in [-0.05, 0) is 66.2 Å².